The van der Waals surface area contributed by atoms with Gasteiger partial charge in [0.1, 0.15) is 4.21 Å². The molecule has 0 fully saturated rings. The minimum atomic E-state index is -3.73. The largest absolute Gasteiger partial charge is 0.325 e. The average Bonchev–Trinajstić information content (AvgIpc) is 3.33. The monoisotopic (exact) mass is 424 g/mol. The Morgan fingerprint density at radius 1 is 1.30 bits per heavy atom. The summed E-state index contributed by atoms with van der Waals surface area (Å²) in [5.41, 5.74) is 1.18. The molecule has 1 unspecified atom stereocenters. The van der Waals surface area contributed by atoms with Gasteiger partial charge in [-0.25, -0.2) is 8.42 Å². The van der Waals surface area contributed by atoms with Gasteiger partial charge in [0, 0.05) is 5.69 Å². The molecule has 0 aliphatic carbocycles. The molecule has 27 heavy (non-hydrogen) atoms. The molecule has 0 saturated heterocycles. The molecule has 2 heterocycles. The van der Waals surface area contributed by atoms with Gasteiger partial charge in [0.15, 0.2) is 0 Å². The number of carbonyl (C=O) groups is 1. The van der Waals surface area contributed by atoms with E-state index in [0.717, 1.165) is 11.3 Å². The minimum Gasteiger partial charge on any atom is -0.325 e. The molecule has 0 aliphatic heterocycles. The van der Waals surface area contributed by atoms with Crippen molar-refractivity contribution < 1.29 is 13.2 Å². The Morgan fingerprint density at radius 3 is 2.81 bits per heavy atom. The number of aromatic nitrogens is 4. The molecular formula is C15H16N6O3S3. The third-order valence-corrected chi connectivity index (χ3v) is 7.02. The number of hydrogen-bond acceptors (Lipinski definition) is 8. The Hall–Kier alpha value is -2.28. The van der Waals surface area contributed by atoms with Crippen LogP contribution in [0.5, 0.6) is 0 Å². The molecule has 1 atom stereocenters. The summed E-state index contributed by atoms with van der Waals surface area (Å²) in [5.74, 6) is -0.478. The number of benzene rings is 1. The number of hydrogen-bond donors (Lipinski definition) is 2. The van der Waals surface area contributed by atoms with Crippen molar-refractivity contribution in [1.29, 1.82) is 0 Å². The summed E-state index contributed by atoms with van der Waals surface area (Å²) >= 11 is 2.48. The normalized spacial score (nSPS) is 12.7. The molecule has 142 valence electrons. The molecule has 0 radical (unpaired) electrons. The quantitative estimate of drug-likeness (QED) is 0.555. The van der Waals surface area contributed by atoms with Crippen LogP contribution in [0.2, 0.25) is 0 Å². The molecule has 1 aromatic carbocycles. The second-order valence-electron chi connectivity index (χ2n) is 5.39. The number of nitrogens with one attached hydrogen (secondary N) is 2. The minimum absolute atomic E-state index is 0.160. The van der Waals surface area contributed by atoms with Crippen LogP contribution in [0.25, 0.3) is 5.69 Å². The number of sulfonamides is 1. The summed E-state index contributed by atoms with van der Waals surface area (Å²) in [5, 5.41) is 16.4. The van der Waals surface area contributed by atoms with E-state index < -0.39 is 22.0 Å². The molecule has 3 rings (SSSR count). The van der Waals surface area contributed by atoms with Crippen molar-refractivity contribution in [1.82, 2.24) is 24.9 Å². The first-order chi connectivity index (χ1) is 12.9. The van der Waals surface area contributed by atoms with E-state index in [1.54, 1.807) is 40.4 Å². The molecule has 0 aliphatic rings. The third kappa shape index (κ3) is 4.53. The van der Waals surface area contributed by atoms with Crippen molar-refractivity contribution >= 4 is 44.7 Å². The number of nitrogens with zero attached hydrogens (tertiary/aromatic N) is 4. The lowest BCUT2D eigenvalue weighted by atomic mass is 10.2. The lowest BCUT2D eigenvalue weighted by Crippen LogP contribution is -2.41. The molecule has 9 nitrogen and oxygen atoms in total. The van der Waals surface area contributed by atoms with Crippen LogP contribution < -0.4 is 10.0 Å². The topological polar surface area (TPSA) is 119 Å². The molecule has 12 heteroatoms. The van der Waals surface area contributed by atoms with E-state index in [2.05, 4.69) is 25.6 Å². The Bertz CT molecular complexity index is 1030. The summed E-state index contributed by atoms with van der Waals surface area (Å²) in [6.07, 6.45) is 1.86. The first-order valence-corrected chi connectivity index (χ1v) is 11.3. The Kier molecular flexibility index (Phi) is 5.89. The van der Waals surface area contributed by atoms with Crippen LogP contribution in [0.15, 0.2) is 51.1 Å². The number of thiophene rings is 1. The lowest BCUT2D eigenvalue weighted by molar-refractivity contribution is -0.117. The summed E-state index contributed by atoms with van der Waals surface area (Å²) in [6.45, 7) is 1.48. The van der Waals surface area contributed by atoms with Gasteiger partial charge in [-0.1, -0.05) is 23.9 Å². The molecule has 1 amide bonds. The first kappa shape index (κ1) is 19.5. The lowest BCUT2D eigenvalue weighted by Gasteiger charge is -2.14. The summed E-state index contributed by atoms with van der Waals surface area (Å²) in [6, 6.07) is 9.12. The Balaban J connectivity index is 1.72. The molecule has 0 spiro atoms. The van der Waals surface area contributed by atoms with E-state index >= 15 is 0 Å². The van der Waals surface area contributed by atoms with Crippen molar-refractivity contribution in [2.24, 2.45) is 0 Å². The van der Waals surface area contributed by atoms with E-state index in [0.29, 0.717) is 16.5 Å². The first-order valence-electron chi connectivity index (χ1n) is 7.70. The number of rotatable bonds is 7. The SMILES string of the molecule is CSc1nnnn1-c1cccc(NC(=O)C(C)NS(=O)(=O)c2cccs2)c1. The number of thioether (sulfide) groups is 1. The maximum absolute atomic E-state index is 12.4. The predicted molar refractivity (Wildman–Crippen MR) is 104 cm³/mol. The number of carbonyl (C=O) groups excluding carboxylic acids is 1. The van der Waals surface area contributed by atoms with Crippen molar-refractivity contribution in [2.45, 2.75) is 22.3 Å². The summed E-state index contributed by atoms with van der Waals surface area (Å²) in [4.78, 5) is 12.4. The van der Waals surface area contributed by atoms with Crippen molar-refractivity contribution in [2.75, 3.05) is 11.6 Å². The summed E-state index contributed by atoms with van der Waals surface area (Å²) < 4.78 is 28.5. The fraction of sp³-hybridized carbons (Fsp3) is 0.200. The Morgan fingerprint density at radius 2 is 2.11 bits per heavy atom. The van der Waals surface area contributed by atoms with Gasteiger partial charge in [-0.15, -0.1) is 16.4 Å². The van der Waals surface area contributed by atoms with Gasteiger partial charge in [-0.3, -0.25) is 4.79 Å². The molecule has 0 bridgehead atoms. The van der Waals surface area contributed by atoms with E-state index in [9.17, 15) is 13.2 Å². The second kappa shape index (κ2) is 8.17. The van der Waals surface area contributed by atoms with E-state index in [-0.39, 0.29) is 4.21 Å². The summed E-state index contributed by atoms with van der Waals surface area (Å²) in [7, 11) is -3.73. The van der Waals surface area contributed by atoms with Gasteiger partial charge in [0.25, 0.3) is 10.0 Å². The molecule has 3 aromatic rings. The molecule has 2 aromatic heterocycles. The number of anilines is 1. The fourth-order valence-corrected chi connectivity index (χ4v) is 4.84. The highest BCUT2D eigenvalue weighted by atomic mass is 32.2. The zero-order chi connectivity index (χ0) is 19.4. The zero-order valence-corrected chi connectivity index (χ0v) is 16.8. The fourth-order valence-electron chi connectivity index (χ4n) is 2.19. The van der Waals surface area contributed by atoms with Crippen molar-refractivity contribution in [3.8, 4) is 5.69 Å². The van der Waals surface area contributed by atoms with Crippen LogP contribution in [-0.2, 0) is 14.8 Å². The molecule has 2 N–H and O–H groups in total. The van der Waals surface area contributed by atoms with Crippen LogP contribution in [0.1, 0.15) is 6.92 Å². The van der Waals surface area contributed by atoms with Crippen LogP contribution in [-0.4, -0.2) is 46.8 Å². The van der Waals surface area contributed by atoms with E-state index in [1.165, 1.54) is 24.8 Å². The highest BCUT2D eigenvalue weighted by molar-refractivity contribution is 7.98. The van der Waals surface area contributed by atoms with E-state index in [1.807, 2.05) is 6.26 Å². The highest BCUT2D eigenvalue weighted by Gasteiger charge is 2.23. The Labute approximate surface area is 164 Å². The van der Waals surface area contributed by atoms with Gasteiger partial charge in [0.05, 0.1) is 11.7 Å². The van der Waals surface area contributed by atoms with Crippen LogP contribution >= 0.6 is 23.1 Å². The van der Waals surface area contributed by atoms with Crippen LogP contribution in [0.3, 0.4) is 0 Å². The van der Waals surface area contributed by atoms with Gasteiger partial charge < -0.3 is 5.32 Å². The molecular weight excluding hydrogens is 408 g/mol. The number of amides is 1. The van der Waals surface area contributed by atoms with Crippen LogP contribution in [0, 0.1) is 0 Å². The smallest absolute Gasteiger partial charge is 0.250 e. The highest BCUT2D eigenvalue weighted by Crippen LogP contribution is 2.19. The maximum atomic E-state index is 12.4. The standard InChI is InChI=1S/C15H16N6O3S3/c1-10(18-27(23,24)13-7-4-8-26-13)14(22)16-11-5-3-6-12(9-11)21-15(25-2)17-19-20-21/h3-10,18H,1-2H3,(H,16,22). The van der Waals surface area contributed by atoms with Gasteiger partial charge in [-0.05, 0) is 53.3 Å². The predicted octanol–water partition coefficient (Wildman–Crippen LogP) is 1.75. The van der Waals surface area contributed by atoms with E-state index in [4.69, 9.17) is 0 Å². The van der Waals surface area contributed by atoms with Gasteiger partial charge >= 0.3 is 0 Å². The van der Waals surface area contributed by atoms with Gasteiger partial charge in [0.2, 0.25) is 11.1 Å². The maximum Gasteiger partial charge on any atom is 0.250 e. The third-order valence-electron chi connectivity index (χ3n) is 3.47. The molecule has 0 saturated carbocycles. The van der Waals surface area contributed by atoms with Crippen molar-refractivity contribution in [3.05, 3.63) is 41.8 Å². The number of tetrazole rings is 1. The zero-order valence-electron chi connectivity index (χ0n) is 14.4. The van der Waals surface area contributed by atoms with Crippen LogP contribution in [0.4, 0.5) is 5.69 Å². The second-order valence-corrected chi connectivity index (χ2v) is 9.05. The van der Waals surface area contributed by atoms with Gasteiger partial charge in [-0.2, -0.15) is 9.40 Å². The van der Waals surface area contributed by atoms with Crippen molar-refractivity contribution in [3.63, 3.8) is 0 Å². The average molecular weight is 425 g/mol.